The third-order valence-electron chi connectivity index (χ3n) is 13.0. The maximum atomic E-state index is 13.1. The fraction of sp³-hybridized carbons (Fsp3) is 0.636. The van der Waals surface area contributed by atoms with Crippen molar-refractivity contribution in [2.75, 3.05) is 97.5 Å². The maximum Gasteiger partial charge on any atom is 0.351 e. The van der Waals surface area contributed by atoms with Gasteiger partial charge in [0.1, 0.15) is 18.2 Å². The van der Waals surface area contributed by atoms with Gasteiger partial charge in [-0.1, -0.05) is 65.1 Å². The Bertz CT molecular complexity index is 2780. The Morgan fingerprint density at radius 3 is 1.34 bits per heavy atom. The lowest BCUT2D eigenvalue weighted by molar-refractivity contribution is -0.114. The smallest absolute Gasteiger partial charge is 0.351 e. The number of nitrogens with zero attached hydrogens (tertiary/aromatic N) is 9. The number of aliphatic hydroxyl groups excluding tert-OH is 1. The van der Waals surface area contributed by atoms with Gasteiger partial charge in [-0.05, 0) is 132 Å². The first-order valence-electron chi connectivity index (χ1n) is 31.0. The number of nitriles is 1. The number of rotatable bonds is 41. The van der Waals surface area contributed by atoms with Crippen LogP contribution in [0.15, 0.2) is 94.8 Å². The van der Waals surface area contributed by atoms with Crippen LogP contribution in [0.4, 0.5) is 11.6 Å². The Kier molecular flexibility index (Phi) is 47.0. The van der Waals surface area contributed by atoms with Gasteiger partial charge in [0.2, 0.25) is 6.54 Å². The summed E-state index contributed by atoms with van der Waals surface area (Å²) < 4.78 is 61.4. The lowest BCUT2D eigenvalue weighted by Crippen LogP contribution is -2.43. The highest BCUT2D eigenvalue weighted by Gasteiger charge is 2.35. The van der Waals surface area contributed by atoms with Crippen molar-refractivity contribution in [1.29, 1.82) is 5.26 Å². The summed E-state index contributed by atoms with van der Waals surface area (Å²) in [4.78, 5) is 61.7. The van der Waals surface area contributed by atoms with E-state index in [2.05, 4.69) is 129 Å². The van der Waals surface area contributed by atoms with Crippen LogP contribution in [-0.4, -0.2) is 185 Å². The van der Waals surface area contributed by atoms with E-state index in [0.29, 0.717) is 87.6 Å². The molecule has 3 N–H and O–H groups in total. The van der Waals surface area contributed by atoms with Gasteiger partial charge >= 0.3 is 11.4 Å². The number of methoxy groups -OCH3 is 2. The molecule has 27 heteroatoms. The lowest BCUT2D eigenvalue weighted by Gasteiger charge is -2.45. The van der Waals surface area contributed by atoms with Crippen LogP contribution in [0.1, 0.15) is 164 Å². The number of ether oxygens (including phenoxy) is 6. The van der Waals surface area contributed by atoms with Crippen LogP contribution in [0.25, 0.3) is 4.85 Å². The van der Waals surface area contributed by atoms with E-state index in [1.54, 1.807) is 74.9 Å². The summed E-state index contributed by atoms with van der Waals surface area (Å²) in [6.45, 7) is 39.5. The van der Waals surface area contributed by atoms with Gasteiger partial charge in [0, 0.05) is 74.0 Å². The van der Waals surface area contributed by atoms with E-state index in [9.17, 15) is 24.3 Å². The summed E-state index contributed by atoms with van der Waals surface area (Å²) in [5.74, 6) is -0.471. The van der Waals surface area contributed by atoms with Gasteiger partial charge in [-0.15, -0.1) is 0 Å². The standard InChI is InChI=1S/C29H44N5O7P.C20H27N3O6.C15H32N3OP.2CH4/c1-8-25(20-40-42(39-17-15-30-6)34(22(2)3)23(4)5)41-27(21-38-19-18-37-7)33-16-14-26(32-29(33)36)31-28(35)24-12-10-9-11-13-24;1-3-16(13-24)29-18(14-28-12-11-27-2)23-10-9-17(22-20(23)26)21-19(25)15-7-5-4-6-8-15;1-12(2)17(13(3)4)20(19-11-9-10-16)18(14(5)6)15(7)8;;/h9-14,16,22-23,25,27H,8,15,17-21H2,1-5,7H3,(H,31,32,35,36);4-10,16,18,24H,3,11-14H2,1-2H3,(H,21,22,25,26);12-15H,9,11H2,1-8H3;2*1H4/t25-,27-,42?;16-,18-;;;/m11.../s1. The third kappa shape index (κ3) is 32.6. The van der Waals surface area contributed by atoms with Crippen molar-refractivity contribution in [3.63, 3.8) is 0 Å². The molecule has 25 nitrogen and oxygen atoms in total. The number of hydrogen-bond donors (Lipinski definition) is 3. The molecule has 0 saturated carbocycles. The molecule has 0 aliphatic rings. The zero-order chi connectivity index (χ0) is 67.8. The second-order valence-electron chi connectivity index (χ2n) is 22.2. The monoisotopic (exact) mass is 1340 g/mol. The van der Waals surface area contributed by atoms with Gasteiger partial charge in [-0.3, -0.25) is 18.7 Å². The first kappa shape index (κ1) is 87.5. The van der Waals surface area contributed by atoms with Gasteiger partial charge in [-0.25, -0.2) is 30.2 Å². The highest BCUT2D eigenvalue weighted by molar-refractivity contribution is 7.47. The summed E-state index contributed by atoms with van der Waals surface area (Å²) >= 11 is 0. The molecule has 0 saturated heterocycles. The van der Waals surface area contributed by atoms with Gasteiger partial charge < -0.3 is 62.6 Å². The van der Waals surface area contributed by atoms with Crippen molar-refractivity contribution < 1.29 is 56.7 Å². The molecular formula is C66H111N11O14P2. The zero-order valence-electron chi connectivity index (χ0n) is 56.4. The van der Waals surface area contributed by atoms with Crippen molar-refractivity contribution in [1.82, 2.24) is 33.1 Å². The molecule has 4 rings (SSSR count). The fourth-order valence-electron chi connectivity index (χ4n) is 8.81. The molecule has 2 heterocycles. The minimum Gasteiger partial charge on any atom is -0.394 e. The van der Waals surface area contributed by atoms with Crippen molar-refractivity contribution in [3.8, 4) is 6.07 Å². The number of amides is 2. The minimum atomic E-state index is -1.45. The largest absolute Gasteiger partial charge is 0.394 e. The topological polar surface area (TPSA) is 269 Å². The number of nitrogens with one attached hydrogen (secondary N) is 2. The van der Waals surface area contributed by atoms with Crippen LogP contribution < -0.4 is 22.0 Å². The molecular weight excluding hydrogens is 1230 g/mol. The van der Waals surface area contributed by atoms with E-state index in [1.807, 2.05) is 19.9 Å². The van der Waals surface area contributed by atoms with Gasteiger partial charge in [-0.2, -0.15) is 15.2 Å². The van der Waals surface area contributed by atoms with Gasteiger partial charge in [0.15, 0.2) is 20.9 Å². The van der Waals surface area contributed by atoms with Crippen LogP contribution in [0, 0.1) is 17.9 Å². The van der Waals surface area contributed by atoms with E-state index in [0.717, 1.165) is 0 Å². The molecule has 0 aliphatic heterocycles. The van der Waals surface area contributed by atoms with Crippen molar-refractivity contribution in [2.24, 2.45) is 0 Å². The van der Waals surface area contributed by atoms with Crippen molar-refractivity contribution >= 4 is 40.4 Å². The molecule has 1 unspecified atom stereocenters. The number of aliphatic hydroxyl groups is 1. The first-order chi connectivity index (χ1) is 43.5. The number of carbonyl (C=O) groups excluding carboxylic acids is 2. The summed E-state index contributed by atoms with van der Waals surface area (Å²) in [7, 11) is 0.854. The normalized spacial score (nSPS) is 13.0. The van der Waals surface area contributed by atoms with Gasteiger partial charge in [0.05, 0.1) is 84.2 Å². The Balaban J connectivity index is 0.00000145. The summed E-state index contributed by atoms with van der Waals surface area (Å²) in [5.41, 5.74) is -0.301. The Hall–Kier alpha value is -5.54. The number of anilines is 2. The molecule has 4 aromatic rings. The quantitative estimate of drug-likeness (QED) is 0.0212. The predicted molar refractivity (Wildman–Crippen MR) is 370 cm³/mol. The van der Waals surface area contributed by atoms with E-state index in [-0.39, 0.29) is 90.0 Å². The Morgan fingerprint density at radius 2 is 1.00 bits per heavy atom. The molecule has 0 radical (unpaired) electrons. The SMILES string of the molecule is C.C.CC(C)N(C(C)C)P(OCCC#N)N(C(C)C)C(C)C.CC[C@H](CO)O[C@H](COCCOC)n1ccc(NC(=O)c2ccccc2)nc1=O.[C-]#[N+]CCOP(OC[C@@H](CC)O[C@H](COCCOC)n1ccc(NC(=O)c2ccccc2)nc1=O)N(C(C)C)C(C)C. The van der Waals surface area contributed by atoms with Crippen LogP contribution >= 0.6 is 17.0 Å². The summed E-state index contributed by atoms with van der Waals surface area (Å²) in [6, 6.07) is 24.5. The Labute approximate surface area is 557 Å². The number of aromatic nitrogens is 4. The molecule has 5 atom stereocenters. The molecule has 93 heavy (non-hydrogen) atoms. The van der Waals surface area contributed by atoms with Crippen LogP contribution in [0.2, 0.25) is 0 Å². The average Bonchev–Trinajstić information content (AvgIpc) is 0.878. The van der Waals surface area contributed by atoms with Gasteiger partial charge in [0.25, 0.3) is 20.3 Å². The lowest BCUT2D eigenvalue weighted by atomic mass is 10.2. The van der Waals surface area contributed by atoms with E-state index >= 15 is 0 Å². The fourth-order valence-corrected chi connectivity index (χ4v) is 12.8. The second kappa shape index (κ2) is 49.9. The third-order valence-corrected chi connectivity index (χ3v) is 18.1. The van der Waals surface area contributed by atoms with Crippen LogP contribution in [0.5, 0.6) is 0 Å². The number of benzene rings is 2. The maximum absolute atomic E-state index is 13.1. The van der Waals surface area contributed by atoms with Crippen LogP contribution in [-0.2, 0) is 42.0 Å². The zero-order valence-corrected chi connectivity index (χ0v) is 58.2. The summed E-state index contributed by atoms with van der Waals surface area (Å²) in [5, 5.41) is 23.4. The van der Waals surface area contributed by atoms with E-state index in [4.69, 9.17) is 53.8 Å². The van der Waals surface area contributed by atoms with Crippen LogP contribution in [0.3, 0.4) is 0 Å². The molecule has 524 valence electrons. The highest BCUT2D eigenvalue weighted by atomic mass is 31.2. The van der Waals surface area contributed by atoms with E-state index < -0.39 is 53.0 Å². The molecule has 0 fully saturated rings. The number of carbonyl (C=O) groups is 2. The van der Waals surface area contributed by atoms with E-state index in [1.165, 1.54) is 27.6 Å². The average molecular weight is 1340 g/mol. The first-order valence-corrected chi connectivity index (χ1v) is 33.3. The second-order valence-corrected chi connectivity index (χ2v) is 25.3. The molecule has 2 aromatic heterocycles. The molecule has 2 aromatic carbocycles. The molecule has 0 aliphatic carbocycles. The summed E-state index contributed by atoms with van der Waals surface area (Å²) in [6.07, 6.45) is 2.17. The van der Waals surface area contributed by atoms with Crippen molar-refractivity contribution in [2.45, 2.75) is 192 Å². The highest BCUT2D eigenvalue weighted by Crippen LogP contribution is 2.51. The van der Waals surface area contributed by atoms with Crippen molar-refractivity contribution in [3.05, 3.63) is 129 Å². The minimum absolute atomic E-state index is 0. The predicted octanol–water partition coefficient (Wildman–Crippen LogP) is 11.8. The number of hydrogen-bond acceptors (Lipinski definition) is 20. The molecule has 2 amide bonds. The molecule has 0 bridgehead atoms. The molecule has 0 spiro atoms. The Morgan fingerprint density at radius 1 is 0.591 bits per heavy atom.